The van der Waals surface area contributed by atoms with Crippen molar-refractivity contribution in [1.82, 2.24) is 5.32 Å². The second kappa shape index (κ2) is 12.1. The number of aliphatic hydroxyl groups excluding tert-OH is 2. The lowest BCUT2D eigenvalue weighted by atomic mass is 9.43. The highest BCUT2D eigenvalue weighted by molar-refractivity contribution is 5.85. The van der Waals surface area contributed by atoms with E-state index in [1.54, 1.807) is 0 Å². The Balaban J connectivity index is 0.00000380. The average molecular weight is 543 g/mol. The molecule has 8 heteroatoms. The molecule has 0 aromatic heterocycles. The minimum absolute atomic E-state index is 0. The zero-order valence-electron chi connectivity index (χ0n) is 23.3. The Morgan fingerprint density at radius 1 is 1.08 bits per heavy atom. The van der Waals surface area contributed by atoms with Gasteiger partial charge in [-0.15, -0.1) is 12.4 Å². The molecule has 4 rings (SSSR count). The molecule has 1 amide bonds. The van der Waals surface area contributed by atoms with Crippen LogP contribution < -0.4 is 11.1 Å². The predicted molar refractivity (Wildman–Crippen MR) is 146 cm³/mol. The fourth-order valence-corrected chi connectivity index (χ4v) is 9.50. The van der Waals surface area contributed by atoms with Gasteiger partial charge in [-0.3, -0.25) is 9.59 Å². The summed E-state index contributed by atoms with van der Waals surface area (Å²) in [5.41, 5.74) is 5.42. The van der Waals surface area contributed by atoms with Crippen LogP contribution in [0.3, 0.4) is 0 Å². The monoisotopic (exact) mass is 542 g/mol. The number of carbonyl (C=O) groups is 2. The summed E-state index contributed by atoms with van der Waals surface area (Å²) in [4.78, 5) is 24.1. The summed E-state index contributed by atoms with van der Waals surface area (Å²) in [5, 5.41) is 26.5. The van der Waals surface area contributed by atoms with Gasteiger partial charge in [0.1, 0.15) is 0 Å². The summed E-state index contributed by atoms with van der Waals surface area (Å²) in [5.74, 6) is 1.77. The molecule has 5 N–H and O–H groups in total. The molecular formula is C29H51ClN2O5. The van der Waals surface area contributed by atoms with Crippen molar-refractivity contribution in [2.45, 2.75) is 110 Å². The highest BCUT2D eigenvalue weighted by Crippen LogP contribution is 2.68. The van der Waals surface area contributed by atoms with Crippen molar-refractivity contribution >= 4 is 24.3 Å². The Kier molecular flexibility index (Phi) is 10.0. The second-order valence-electron chi connectivity index (χ2n) is 13.1. The molecular weight excluding hydrogens is 492 g/mol. The van der Waals surface area contributed by atoms with E-state index in [2.05, 4.69) is 26.1 Å². The van der Waals surface area contributed by atoms with Crippen LogP contribution in [0.25, 0.3) is 0 Å². The van der Waals surface area contributed by atoms with Crippen LogP contribution in [0.15, 0.2) is 0 Å². The lowest BCUT2D eigenvalue weighted by Gasteiger charge is -2.63. The maximum absolute atomic E-state index is 12.3. The summed E-state index contributed by atoms with van der Waals surface area (Å²) < 4.78 is 4.86. The summed E-state index contributed by atoms with van der Waals surface area (Å²) in [6, 6.07) is 0.169. The number of aliphatic hydroxyl groups is 2. The van der Waals surface area contributed by atoms with E-state index >= 15 is 0 Å². The molecule has 0 heterocycles. The number of fused-ring (bicyclic) bond motifs is 5. The molecule has 0 radical (unpaired) electrons. The molecule has 0 unspecified atom stereocenters. The van der Waals surface area contributed by atoms with E-state index < -0.39 is 6.10 Å². The first-order valence-corrected chi connectivity index (χ1v) is 14.5. The second-order valence-corrected chi connectivity index (χ2v) is 13.1. The van der Waals surface area contributed by atoms with Crippen molar-refractivity contribution in [2.24, 2.45) is 52.1 Å². The minimum atomic E-state index is -0.395. The third-order valence-corrected chi connectivity index (χ3v) is 11.6. The van der Waals surface area contributed by atoms with Crippen LogP contribution in [-0.2, 0) is 14.3 Å². The molecule has 0 aliphatic heterocycles. The van der Waals surface area contributed by atoms with Crippen molar-refractivity contribution in [3.63, 3.8) is 0 Å². The van der Waals surface area contributed by atoms with Gasteiger partial charge in [0, 0.05) is 18.9 Å². The highest BCUT2D eigenvalue weighted by Gasteiger charge is 2.65. The molecule has 7 nitrogen and oxygen atoms in total. The molecule has 0 aromatic rings. The largest absolute Gasteiger partial charge is 0.469 e. The maximum Gasteiger partial charge on any atom is 0.305 e. The molecule has 0 saturated heterocycles. The molecule has 0 aromatic carbocycles. The number of nitrogens with two attached hydrogens (primary N) is 1. The number of carbonyl (C=O) groups excluding carboxylic acids is 2. The molecule has 214 valence electrons. The Hall–Kier alpha value is -0.890. The number of amides is 1. The number of ether oxygens (including phenoxy) is 1. The van der Waals surface area contributed by atoms with Crippen LogP contribution in [0.4, 0.5) is 0 Å². The van der Waals surface area contributed by atoms with Crippen LogP contribution in [-0.4, -0.2) is 54.0 Å². The van der Waals surface area contributed by atoms with Crippen molar-refractivity contribution in [3.8, 4) is 0 Å². The molecule has 11 atom stereocenters. The quantitative estimate of drug-likeness (QED) is 0.346. The number of halogens is 1. The van der Waals surface area contributed by atoms with E-state index in [9.17, 15) is 19.8 Å². The zero-order valence-corrected chi connectivity index (χ0v) is 24.1. The van der Waals surface area contributed by atoms with E-state index in [0.717, 1.165) is 51.4 Å². The maximum atomic E-state index is 12.3. The predicted octanol–water partition coefficient (Wildman–Crippen LogP) is 3.82. The SMILES string of the molecule is COC(=O)CC[C@@H](C)[C@H]1CC[C@H]2[C@@H]3[C@H](O)C[C@@H]4C[C@H](NC(=O)CCCN)CC[C@]4(C)[C@H]3C[C@H](O)[C@]12C.Cl. The van der Waals surface area contributed by atoms with E-state index in [-0.39, 0.29) is 53.2 Å². The van der Waals surface area contributed by atoms with Gasteiger partial charge in [-0.2, -0.15) is 0 Å². The first-order chi connectivity index (χ1) is 17.1. The number of hydrogen-bond donors (Lipinski definition) is 4. The topological polar surface area (TPSA) is 122 Å². The van der Waals surface area contributed by atoms with E-state index in [1.807, 2.05) is 0 Å². The van der Waals surface area contributed by atoms with Gasteiger partial charge in [0.15, 0.2) is 0 Å². The fourth-order valence-electron chi connectivity index (χ4n) is 9.50. The average Bonchev–Trinajstić information content (AvgIpc) is 3.21. The van der Waals surface area contributed by atoms with Crippen molar-refractivity contribution in [1.29, 1.82) is 0 Å². The van der Waals surface area contributed by atoms with Gasteiger partial charge in [-0.25, -0.2) is 0 Å². The summed E-state index contributed by atoms with van der Waals surface area (Å²) >= 11 is 0. The van der Waals surface area contributed by atoms with Gasteiger partial charge in [0.05, 0.1) is 19.3 Å². The van der Waals surface area contributed by atoms with E-state index in [1.165, 1.54) is 7.11 Å². The molecule has 37 heavy (non-hydrogen) atoms. The lowest BCUT2D eigenvalue weighted by molar-refractivity contribution is -0.202. The highest BCUT2D eigenvalue weighted by atomic mass is 35.5. The summed E-state index contributed by atoms with van der Waals surface area (Å²) in [6.45, 7) is 7.41. The molecule has 4 aliphatic carbocycles. The molecule has 0 bridgehead atoms. The number of hydrogen-bond acceptors (Lipinski definition) is 6. The fraction of sp³-hybridized carbons (Fsp3) is 0.931. The lowest BCUT2D eigenvalue weighted by Crippen LogP contribution is -2.63. The number of nitrogens with one attached hydrogen (secondary N) is 1. The molecule has 4 aliphatic rings. The van der Waals surface area contributed by atoms with Crippen molar-refractivity contribution in [2.75, 3.05) is 13.7 Å². The van der Waals surface area contributed by atoms with Crippen molar-refractivity contribution < 1.29 is 24.5 Å². The van der Waals surface area contributed by atoms with Gasteiger partial charge in [-0.05, 0) is 111 Å². The first-order valence-electron chi connectivity index (χ1n) is 14.5. The van der Waals surface area contributed by atoms with Gasteiger partial charge in [0.25, 0.3) is 0 Å². The normalized spacial score (nSPS) is 43.4. The van der Waals surface area contributed by atoms with Crippen LogP contribution in [0, 0.1) is 46.3 Å². The number of esters is 1. The first kappa shape index (κ1) is 30.6. The molecule has 4 saturated carbocycles. The summed E-state index contributed by atoms with van der Waals surface area (Å²) in [6.07, 6.45) is 8.17. The Morgan fingerprint density at radius 3 is 2.49 bits per heavy atom. The molecule has 0 spiro atoms. The van der Waals surface area contributed by atoms with Crippen LogP contribution in [0.5, 0.6) is 0 Å². The van der Waals surface area contributed by atoms with Gasteiger partial charge >= 0.3 is 5.97 Å². The van der Waals surface area contributed by atoms with Crippen molar-refractivity contribution in [3.05, 3.63) is 0 Å². The Morgan fingerprint density at radius 2 is 1.81 bits per heavy atom. The zero-order chi connectivity index (χ0) is 26.3. The third kappa shape index (κ3) is 5.57. The number of methoxy groups -OCH3 is 1. The number of rotatable bonds is 8. The standard InChI is InChI=1S/C29H50N2O5.ClH/c1-17(7-10-26(35)36-4)20-8-9-21-27-22(16-24(33)29(20,21)3)28(2)12-11-19(14-18(28)15-23(27)32)31-25(34)6-5-13-30;/h17-24,27,32-33H,5-16,30H2,1-4H3,(H,31,34);1H/t17-,18+,19-,20-,21+,22+,23-,24+,27+,28+,29-;/m1./s1. The van der Waals surface area contributed by atoms with Crippen LogP contribution >= 0.6 is 12.4 Å². The smallest absolute Gasteiger partial charge is 0.305 e. The van der Waals surface area contributed by atoms with E-state index in [4.69, 9.17) is 10.5 Å². The van der Waals surface area contributed by atoms with Crippen LogP contribution in [0.1, 0.15) is 91.4 Å². The van der Waals surface area contributed by atoms with Gasteiger partial charge < -0.3 is 26.0 Å². The third-order valence-electron chi connectivity index (χ3n) is 11.6. The summed E-state index contributed by atoms with van der Waals surface area (Å²) in [7, 11) is 1.44. The Bertz CT molecular complexity index is 813. The van der Waals surface area contributed by atoms with Gasteiger partial charge in [-0.1, -0.05) is 20.8 Å². The minimum Gasteiger partial charge on any atom is -0.469 e. The van der Waals surface area contributed by atoms with Crippen LogP contribution in [0.2, 0.25) is 0 Å². The molecule has 4 fully saturated rings. The van der Waals surface area contributed by atoms with Gasteiger partial charge in [0.2, 0.25) is 5.91 Å². The van der Waals surface area contributed by atoms with E-state index in [0.29, 0.717) is 55.4 Å². The Labute approximate surface area is 229 Å².